The summed E-state index contributed by atoms with van der Waals surface area (Å²) in [7, 11) is 0. The Hall–Kier alpha value is -3.60. The predicted octanol–water partition coefficient (Wildman–Crippen LogP) is 1.21. The van der Waals surface area contributed by atoms with Gasteiger partial charge >= 0.3 is 12.6 Å². The summed E-state index contributed by atoms with van der Waals surface area (Å²) in [6, 6.07) is 7.37. The number of carbonyl (C=O) groups excluding carboxylic acids is 1. The molecule has 1 saturated heterocycles. The van der Waals surface area contributed by atoms with Gasteiger partial charge in [-0.2, -0.15) is 4.98 Å². The van der Waals surface area contributed by atoms with E-state index in [9.17, 15) is 25.3 Å². The molecule has 1 aromatic carbocycles. The van der Waals surface area contributed by atoms with Gasteiger partial charge in [-0.3, -0.25) is 19.1 Å². The zero-order valence-corrected chi connectivity index (χ0v) is 23.7. The number of hydrogen-bond acceptors (Lipinski definition) is 13. The minimum Gasteiger partial charge on any atom is -0.462 e. The minimum absolute atomic E-state index is 0.0585. The number of benzene rings is 1. The SMILES string of the molecule is CC(C)OC(=O)C(C)NP(=S)(OC[C@@]1(N=[N+]=[N-])O[C@@H](n2cnc3c(=O)[nH]c(N)nc32)[C@H](O)[C@@H]1O)Oc1ccccc1. The van der Waals surface area contributed by atoms with Crippen LogP contribution in [0.4, 0.5) is 5.95 Å². The van der Waals surface area contributed by atoms with Gasteiger partial charge in [-0.1, -0.05) is 23.3 Å². The first-order valence-corrected chi connectivity index (χ1v) is 14.8. The van der Waals surface area contributed by atoms with Gasteiger partial charge in [0.15, 0.2) is 17.4 Å². The third kappa shape index (κ3) is 6.50. The van der Waals surface area contributed by atoms with Gasteiger partial charge in [-0.15, -0.1) is 0 Å². The topological polar surface area (TPSA) is 245 Å². The van der Waals surface area contributed by atoms with E-state index >= 15 is 0 Å². The molecule has 41 heavy (non-hydrogen) atoms. The summed E-state index contributed by atoms with van der Waals surface area (Å²) in [5, 5.41) is 28.4. The average Bonchev–Trinajstić information content (AvgIpc) is 3.43. The highest BCUT2D eigenvalue weighted by Crippen LogP contribution is 2.48. The number of para-hydroxylation sites is 1. The summed E-state index contributed by atoms with van der Waals surface area (Å²) in [5.74, 6) is -0.548. The molecule has 2 aromatic heterocycles. The molecule has 1 aliphatic rings. The van der Waals surface area contributed by atoms with E-state index in [1.807, 2.05) is 0 Å². The maximum Gasteiger partial charge on any atom is 0.323 e. The normalized spacial score (nSPS) is 24.5. The number of aromatic nitrogens is 4. The van der Waals surface area contributed by atoms with Gasteiger partial charge in [0.05, 0.1) is 19.0 Å². The number of anilines is 1. The number of imidazole rings is 1. The maximum absolute atomic E-state index is 12.5. The highest BCUT2D eigenvalue weighted by molar-refractivity contribution is 8.09. The molecule has 0 aliphatic carbocycles. The van der Waals surface area contributed by atoms with Crippen molar-refractivity contribution < 1.29 is 33.5 Å². The quantitative estimate of drug-likeness (QED) is 0.0675. The molecule has 0 radical (unpaired) electrons. The van der Waals surface area contributed by atoms with Crippen LogP contribution in [0.2, 0.25) is 0 Å². The predicted molar refractivity (Wildman–Crippen MR) is 148 cm³/mol. The molecule has 17 nitrogen and oxygen atoms in total. The molecule has 220 valence electrons. The van der Waals surface area contributed by atoms with E-state index in [4.69, 9.17) is 36.1 Å². The Morgan fingerprint density at radius 3 is 2.76 bits per heavy atom. The molecule has 1 fully saturated rings. The van der Waals surface area contributed by atoms with Crippen molar-refractivity contribution >= 4 is 41.5 Å². The van der Waals surface area contributed by atoms with E-state index in [0.29, 0.717) is 5.75 Å². The second kappa shape index (κ2) is 12.1. The van der Waals surface area contributed by atoms with Crippen molar-refractivity contribution in [2.45, 2.75) is 57.1 Å². The molecule has 6 N–H and O–H groups in total. The summed E-state index contributed by atoms with van der Waals surface area (Å²) in [5.41, 5.74) is 11.9. The van der Waals surface area contributed by atoms with Crippen LogP contribution in [0.1, 0.15) is 27.0 Å². The van der Waals surface area contributed by atoms with Crippen molar-refractivity contribution in [2.24, 2.45) is 5.11 Å². The van der Waals surface area contributed by atoms with E-state index in [0.717, 1.165) is 10.9 Å². The highest BCUT2D eigenvalue weighted by atomic mass is 32.5. The third-order valence-corrected chi connectivity index (χ3v) is 8.29. The minimum atomic E-state index is -3.66. The van der Waals surface area contributed by atoms with Crippen molar-refractivity contribution in [3.8, 4) is 5.75 Å². The van der Waals surface area contributed by atoms with Gasteiger partial charge in [0.25, 0.3) is 5.56 Å². The monoisotopic (exact) mass is 609 g/mol. The van der Waals surface area contributed by atoms with Crippen LogP contribution < -0.4 is 20.9 Å². The van der Waals surface area contributed by atoms with Crippen molar-refractivity contribution in [3.63, 3.8) is 0 Å². The Bertz CT molecular complexity index is 1560. The van der Waals surface area contributed by atoms with Crippen molar-refractivity contribution in [1.29, 1.82) is 0 Å². The smallest absolute Gasteiger partial charge is 0.323 e. The van der Waals surface area contributed by atoms with Crippen LogP contribution in [0.5, 0.6) is 5.75 Å². The number of aromatic amines is 1. The van der Waals surface area contributed by atoms with Crippen LogP contribution >= 0.6 is 6.64 Å². The lowest BCUT2D eigenvalue weighted by Gasteiger charge is -2.31. The molecule has 3 aromatic rings. The number of nitrogen functional groups attached to an aromatic ring is 1. The molecule has 1 aliphatic heterocycles. The van der Waals surface area contributed by atoms with Gasteiger partial charge in [-0.05, 0) is 50.2 Å². The lowest BCUT2D eigenvalue weighted by molar-refractivity contribution is -0.149. The molecule has 2 unspecified atom stereocenters. The van der Waals surface area contributed by atoms with E-state index in [2.05, 4.69) is 30.1 Å². The molecular formula is C22H28N9O8PS. The summed E-state index contributed by atoms with van der Waals surface area (Å²) < 4.78 is 24.1. The number of carbonyl (C=O) groups is 1. The van der Waals surface area contributed by atoms with E-state index < -0.39 is 61.1 Å². The first-order chi connectivity index (χ1) is 19.4. The van der Waals surface area contributed by atoms with Crippen LogP contribution in [0.15, 0.2) is 46.6 Å². The van der Waals surface area contributed by atoms with Crippen LogP contribution in [-0.4, -0.2) is 72.4 Å². The van der Waals surface area contributed by atoms with Gasteiger partial charge in [0, 0.05) is 4.91 Å². The van der Waals surface area contributed by atoms with Crippen LogP contribution in [0.25, 0.3) is 21.6 Å². The number of aliphatic hydroxyl groups excluding tert-OH is 2. The second-order valence-electron chi connectivity index (χ2n) is 9.26. The number of ether oxygens (including phenoxy) is 2. The van der Waals surface area contributed by atoms with Crippen molar-refractivity contribution in [3.05, 3.63) is 57.5 Å². The maximum atomic E-state index is 12.5. The van der Waals surface area contributed by atoms with Gasteiger partial charge < -0.3 is 34.5 Å². The Kier molecular flexibility index (Phi) is 8.96. The summed E-state index contributed by atoms with van der Waals surface area (Å²) in [6.07, 6.45) is -4.27. The van der Waals surface area contributed by atoms with Crippen molar-refractivity contribution in [2.75, 3.05) is 12.3 Å². The van der Waals surface area contributed by atoms with Gasteiger partial charge in [-0.25, -0.2) is 10.1 Å². The molecule has 6 atom stereocenters. The number of fused-ring (bicyclic) bond motifs is 1. The number of esters is 1. The Morgan fingerprint density at radius 2 is 2.10 bits per heavy atom. The fraction of sp³-hybridized carbons (Fsp3) is 0.455. The molecular weight excluding hydrogens is 581 g/mol. The number of azide groups is 1. The Labute approximate surface area is 237 Å². The summed E-state index contributed by atoms with van der Waals surface area (Å²) >= 11 is 5.67. The lowest BCUT2D eigenvalue weighted by Crippen LogP contribution is -2.45. The summed E-state index contributed by atoms with van der Waals surface area (Å²) in [6.45, 7) is 0.486. The zero-order chi connectivity index (χ0) is 29.9. The molecule has 0 spiro atoms. The number of rotatable bonds is 11. The number of nitrogens with zero attached hydrogens (tertiary/aromatic N) is 6. The molecule has 0 amide bonds. The molecule has 3 heterocycles. The fourth-order valence-electron chi connectivity index (χ4n) is 3.94. The number of aliphatic hydroxyl groups is 2. The number of hydrogen-bond donors (Lipinski definition) is 5. The third-order valence-electron chi connectivity index (χ3n) is 5.81. The van der Waals surface area contributed by atoms with Gasteiger partial charge in [0.2, 0.25) is 11.7 Å². The molecule has 4 rings (SSSR count). The van der Waals surface area contributed by atoms with Crippen LogP contribution in [-0.2, 0) is 30.6 Å². The lowest BCUT2D eigenvalue weighted by atomic mass is 10.1. The zero-order valence-electron chi connectivity index (χ0n) is 22.0. The first kappa shape index (κ1) is 30.4. The van der Waals surface area contributed by atoms with Crippen LogP contribution in [0.3, 0.4) is 0 Å². The Balaban J connectivity index is 1.64. The Morgan fingerprint density at radius 1 is 1.39 bits per heavy atom. The van der Waals surface area contributed by atoms with E-state index in [1.165, 1.54) is 6.92 Å². The second-order valence-corrected chi connectivity index (χ2v) is 12.4. The average molecular weight is 610 g/mol. The standard InChI is InChI=1S/C22H28N9O8PS/c1-11(2)37-20(35)12(3)28-40(41,39-13-7-5-4-6-8-13)36-9-22(29-30-24)16(33)15(32)19(38-22)31-10-25-14-17(31)26-21(23)27-18(14)34/h4-8,10-12,15-16,19,32-33H,9H2,1-3H3,(H,28,41)(H3,23,26,27,34)/t12?,15-,16+,19-,22-,40?/m1/s1. The van der Waals surface area contributed by atoms with Gasteiger partial charge in [0.1, 0.15) is 24.0 Å². The number of nitrogens with two attached hydrogens (primary N) is 1. The summed E-state index contributed by atoms with van der Waals surface area (Å²) in [4.78, 5) is 37.8. The molecule has 0 bridgehead atoms. The highest BCUT2D eigenvalue weighted by Gasteiger charge is 2.56. The van der Waals surface area contributed by atoms with Crippen molar-refractivity contribution in [1.82, 2.24) is 24.6 Å². The molecule has 19 heteroatoms. The number of H-pyrrole nitrogens is 1. The number of nitrogens with one attached hydrogen (secondary N) is 2. The molecule has 0 saturated carbocycles. The van der Waals surface area contributed by atoms with E-state index in [1.54, 1.807) is 44.2 Å². The van der Waals surface area contributed by atoms with E-state index in [-0.39, 0.29) is 17.1 Å². The fourth-order valence-corrected chi connectivity index (χ4v) is 6.34. The largest absolute Gasteiger partial charge is 0.462 e. The van der Waals surface area contributed by atoms with Crippen LogP contribution in [0, 0.1) is 0 Å². The first-order valence-electron chi connectivity index (χ1n) is 12.2.